The number of nitrogens with zero attached hydrogens (tertiary/aromatic N) is 2. The average Bonchev–Trinajstić information content (AvgIpc) is 2.17. The van der Waals surface area contributed by atoms with E-state index in [2.05, 4.69) is 5.32 Å². The van der Waals surface area contributed by atoms with Crippen LogP contribution in [-0.4, -0.2) is 42.9 Å². The van der Waals surface area contributed by atoms with Crippen molar-refractivity contribution in [2.24, 2.45) is 0 Å². The molecule has 66 valence electrons. The SMILES string of the molecule is CN(C)/C=C1\NC(=O)N(C)C1=O. The second-order valence-electron chi connectivity index (χ2n) is 2.80. The highest BCUT2D eigenvalue weighted by Gasteiger charge is 2.29. The van der Waals surface area contributed by atoms with Crippen molar-refractivity contribution in [3.63, 3.8) is 0 Å². The predicted octanol–water partition coefficient (Wildman–Crippen LogP) is -0.429. The minimum atomic E-state index is -0.381. The summed E-state index contributed by atoms with van der Waals surface area (Å²) in [6, 6.07) is -0.381. The van der Waals surface area contributed by atoms with Gasteiger partial charge in [-0.25, -0.2) is 4.79 Å². The van der Waals surface area contributed by atoms with Gasteiger partial charge in [0, 0.05) is 27.3 Å². The van der Waals surface area contributed by atoms with Gasteiger partial charge in [-0.2, -0.15) is 0 Å². The van der Waals surface area contributed by atoms with Gasteiger partial charge >= 0.3 is 6.03 Å². The van der Waals surface area contributed by atoms with E-state index in [1.807, 2.05) is 0 Å². The van der Waals surface area contributed by atoms with Gasteiger partial charge in [-0.05, 0) is 0 Å². The summed E-state index contributed by atoms with van der Waals surface area (Å²) in [5.41, 5.74) is 0.313. The number of imide groups is 1. The van der Waals surface area contributed by atoms with Gasteiger partial charge in [0.2, 0.25) is 0 Å². The Morgan fingerprint density at radius 1 is 1.42 bits per heavy atom. The minimum absolute atomic E-state index is 0.297. The van der Waals surface area contributed by atoms with Crippen molar-refractivity contribution in [1.29, 1.82) is 0 Å². The minimum Gasteiger partial charge on any atom is -0.382 e. The summed E-state index contributed by atoms with van der Waals surface area (Å²) in [6.45, 7) is 0. The van der Waals surface area contributed by atoms with Crippen LogP contribution in [0.25, 0.3) is 0 Å². The number of carbonyl (C=O) groups is 2. The Bertz CT molecular complexity index is 257. The van der Waals surface area contributed by atoms with E-state index < -0.39 is 0 Å². The monoisotopic (exact) mass is 169 g/mol. The maximum Gasteiger partial charge on any atom is 0.328 e. The first-order valence-electron chi connectivity index (χ1n) is 3.49. The van der Waals surface area contributed by atoms with Crippen LogP contribution in [0.15, 0.2) is 11.9 Å². The first-order valence-corrected chi connectivity index (χ1v) is 3.49. The number of rotatable bonds is 1. The van der Waals surface area contributed by atoms with Crippen molar-refractivity contribution in [2.75, 3.05) is 21.1 Å². The van der Waals surface area contributed by atoms with E-state index in [0.29, 0.717) is 5.70 Å². The lowest BCUT2D eigenvalue weighted by Crippen LogP contribution is -2.25. The normalized spacial score (nSPS) is 20.2. The number of likely N-dealkylation sites (N-methyl/N-ethyl adjacent to an activating group) is 1. The Hall–Kier alpha value is -1.52. The number of hydrogen-bond acceptors (Lipinski definition) is 3. The molecule has 0 radical (unpaired) electrons. The van der Waals surface area contributed by atoms with E-state index in [9.17, 15) is 9.59 Å². The Kier molecular flexibility index (Phi) is 2.03. The van der Waals surface area contributed by atoms with Gasteiger partial charge in [0.1, 0.15) is 5.70 Å². The molecule has 1 fully saturated rings. The third-order valence-electron chi connectivity index (χ3n) is 1.47. The molecule has 1 aliphatic rings. The van der Waals surface area contributed by atoms with Gasteiger partial charge in [-0.1, -0.05) is 0 Å². The topological polar surface area (TPSA) is 52.7 Å². The van der Waals surface area contributed by atoms with Crippen LogP contribution in [0, 0.1) is 0 Å². The second-order valence-corrected chi connectivity index (χ2v) is 2.80. The van der Waals surface area contributed by atoms with Gasteiger partial charge in [-0.3, -0.25) is 9.69 Å². The van der Waals surface area contributed by atoms with Crippen molar-refractivity contribution in [2.45, 2.75) is 0 Å². The maximum atomic E-state index is 11.2. The van der Waals surface area contributed by atoms with Crippen molar-refractivity contribution in [3.8, 4) is 0 Å². The standard InChI is InChI=1S/C7H11N3O2/c1-9(2)4-5-6(11)10(3)7(12)8-5/h4H,1-3H3,(H,8,12)/b5-4-. The van der Waals surface area contributed by atoms with Crippen LogP contribution >= 0.6 is 0 Å². The molecule has 0 unspecified atom stereocenters. The first kappa shape index (κ1) is 8.58. The molecule has 1 rings (SSSR count). The van der Waals surface area contributed by atoms with Crippen LogP contribution in [0.4, 0.5) is 4.79 Å². The zero-order chi connectivity index (χ0) is 9.30. The van der Waals surface area contributed by atoms with E-state index in [1.54, 1.807) is 25.2 Å². The Morgan fingerprint density at radius 2 is 2.00 bits per heavy atom. The average molecular weight is 169 g/mol. The van der Waals surface area contributed by atoms with Crippen LogP contribution < -0.4 is 5.32 Å². The van der Waals surface area contributed by atoms with Gasteiger partial charge in [0.25, 0.3) is 5.91 Å². The number of amides is 3. The molecule has 1 N–H and O–H groups in total. The summed E-state index contributed by atoms with van der Waals surface area (Å²) in [5.74, 6) is -0.297. The van der Waals surface area contributed by atoms with Crippen molar-refractivity contribution < 1.29 is 9.59 Å². The molecule has 12 heavy (non-hydrogen) atoms. The molecule has 5 nitrogen and oxygen atoms in total. The molecule has 0 aromatic carbocycles. The van der Waals surface area contributed by atoms with Gasteiger partial charge in [0.05, 0.1) is 0 Å². The molecule has 0 aromatic rings. The molecule has 0 bridgehead atoms. The summed E-state index contributed by atoms with van der Waals surface area (Å²) in [4.78, 5) is 24.8. The molecule has 1 heterocycles. The molecule has 0 saturated carbocycles. The van der Waals surface area contributed by atoms with Crippen molar-refractivity contribution in [3.05, 3.63) is 11.9 Å². The largest absolute Gasteiger partial charge is 0.382 e. The molecule has 0 atom stereocenters. The zero-order valence-corrected chi connectivity index (χ0v) is 7.29. The molecular formula is C7H11N3O2. The quantitative estimate of drug-likeness (QED) is 0.428. The number of carbonyl (C=O) groups excluding carboxylic acids is 2. The highest BCUT2D eigenvalue weighted by molar-refractivity contribution is 6.11. The van der Waals surface area contributed by atoms with Gasteiger partial charge < -0.3 is 10.2 Å². The molecule has 0 aliphatic carbocycles. The molecule has 5 heteroatoms. The summed E-state index contributed by atoms with van der Waals surface area (Å²) < 4.78 is 0. The Balaban J connectivity index is 2.85. The van der Waals surface area contributed by atoms with E-state index in [0.717, 1.165) is 4.90 Å². The Labute approximate surface area is 70.6 Å². The van der Waals surface area contributed by atoms with Crippen LogP contribution in [-0.2, 0) is 4.79 Å². The van der Waals surface area contributed by atoms with E-state index >= 15 is 0 Å². The lowest BCUT2D eigenvalue weighted by Gasteiger charge is -2.04. The fraction of sp³-hybridized carbons (Fsp3) is 0.429. The van der Waals surface area contributed by atoms with E-state index in [-0.39, 0.29) is 11.9 Å². The van der Waals surface area contributed by atoms with Gasteiger partial charge in [-0.15, -0.1) is 0 Å². The molecule has 1 aliphatic heterocycles. The Morgan fingerprint density at radius 3 is 2.33 bits per heavy atom. The smallest absolute Gasteiger partial charge is 0.328 e. The highest BCUT2D eigenvalue weighted by atomic mass is 16.2. The number of urea groups is 1. The summed E-state index contributed by atoms with van der Waals surface area (Å²) in [5, 5.41) is 2.44. The first-order chi connectivity index (χ1) is 5.52. The van der Waals surface area contributed by atoms with Crippen LogP contribution in [0.3, 0.4) is 0 Å². The predicted molar refractivity (Wildman–Crippen MR) is 43.1 cm³/mol. The summed E-state index contributed by atoms with van der Waals surface area (Å²) in [6.07, 6.45) is 1.57. The fourth-order valence-corrected chi connectivity index (χ4v) is 0.871. The van der Waals surface area contributed by atoms with Gasteiger partial charge in [0.15, 0.2) is 0 Å². The van der Waals surface area contributed by atoms with Crippen molar-refractivity contribution >= 4 is 11.9 Å². The lowest BCUT2D eigenvalue weighted by molar-refractivity contribution is -0.122. The maximum absolute atomic E-state index is 11.2. The summed E-state index contributed by atoms with van der Waals surface area (Å²) >= 11 is 0. The van der Waals surface area contributed by atoms with Crippen LogP contribution in [0.1, 0.15) is 0 Å². The molecule has 0 aromatic heterocycles. The molecular weight excluding hydrogens is 158 g/mol. The van der Waals surface area contributed by atoms with Crippen molar-refractivity contribution in [1.82, 2.24) is 15.1 Å². The van der Waals surface area contributed by atoms with E-state index in [1.165, 1.54) is 7.05 Å². The summed E-state index contributed by atoms with van der Waals surface area (Å²) in [7, 11) is 5.00. The highest BCUT2D eigenvalue weighted by Crippen LogP contribution is 2.06. The fourth-order valence-electron chi connectivity index (χ4n) is 0.871. The third-order valence-corrected chi connectivity index (χ3v) is 1.47. The third kappa shape index (κ3) is 1.39. The molecule has 0 spiro atoms. The second kappa shape index (κ2) is 2.84. The van der Waals surface area contributed by atoms with Crippen LogP contribution in [0.5, 0.6) is 0 Å². The van der Waals surface area contributed by atoms with Crippen LogP contribution in [0.2, 0.25) is 0 Å². The number of nitrogens with one attached hydrogen (secondary N) is 1. The number of hydrogen-bond donors (Lipinski definition) is 1. The lowest BCUT2D eigenvalue weighted by atomic mass is 10.4. The van der Waals surface area contributed by atoms with E-state index in [4.69, 9.17) is 0 Å². The molecule has 1 saturated heterocycles. The molecule has 3 amide bonds. The zero-order valence-electron chi connectivity index (χ0n) is 7.29.